The van der Waals surface area contributed by atoms with Gasteiger partial charge in [0, 0.05) is 19.6 Å². The molecule has 2 rings (SSSR count). The molecule has 0 saturated heterocycles. The lowest BCUT2D eigenvalue weighted by molar-refractivity contribution is 0.0695. The molecule has 1 aliphatic rings. The van der Waals surface area contributed by atoms with Crippen LogP contribution in [0.1, 0.15) is 28.4 Å². The molecule has 1 aromatic rings. The summed E-state index contributed by atoms with van der Waals surface area (Å²) in [5, 5.41) is 11.9. The van der Waals surface area contributed by atoms with Crippen molar-refractivity contribution in [3.63, 3.8) is 0 Å². The number of urea groups is 1. The zero-order chi connectivity index (χ0) is 14.7. The second kappa shape index (κ2) is 5.77. The third kappa shape index (κ3) is 2.99. The zero-order valence-corrected chi connectivity index (χ0v) is 11.5. The molecule has 0 bridgehead atoms. The molecule has 0 unspecified atom stereocenters. The van der Waals surface area contributed by atoms with Crippen molar-refractivity contribution in [2.45, 2.75) is 19.9 Å². The first kappa shape index (κ1) is 14.1. The molecule has 1 aliphatic heterocycles. The number of carboxylic acid groups (broad SMARTS) is 1. The van der Waals surface area contributed by atoms with Crippen LogP contribution in [0.4, 0.5) is 4.79 Å². The number of rotatable bonds is 3. The Hall–Kier alpha value is -2.30. The SMILES string of the molecule is C=C(C)CNC(=O)N1CCc2c(cccc2C(=O)O)C1. The average molecular weight is 274 g/mol. The van der Waals surface area contributed by atoms with Crippen molar-refractivity contribution >= 4 is 12.0 Å². The van der Waals surface area contributed by atoms with E-state index in [0.29, 0.717) is 31.6 Å². The van der Waals surface area contributed by atoms with E-state index in [9.17, 15) is 9.59 Å². The second-order valence-corrected chi connectivity index (χ2v) is 5.04. The molecule has 2 N–H and O–H groups in total. The number of carboxylic acids is 1. The van der Waals surface area contributed by atoms with Crippen LogP contribution in [0.3, 0.4) is 0 Å². The molecule has 2 amide bonds. The summed E-state index contributed by atoms with van der Waals surface area (Å²) in [4.78, 5) is 24.8. The number of carbonyl (C=O) groups is 2. The van der Waals surface area contributed by atoms with Crippen molar-refractivity contribution in [2.24, 2.45) is 0 Å². The van der Waals surface area contributed by atoms with Crippen LogP contribution in [0.15, 0.2) is 30.4 Å². The second-order valence-electron chi connectivity index (χ2n) is 5.04. The highest BCUT2D eigenvalue weighted by Crippen LogP contribution is 2.22. The molecule has 5 heteroatoms. The molecule has 0 atom stereocenters. The predicted octanol–water partition coefficient (Wildman–Crippen LogP) is 2.03. The normalized spacial score (nSPS) is 13.6. The summed E-state index contributed by atoms with van der Waals surface area (Å²) in [6, 6.07) is 5.06. The molecule has 0 fully saturated rings. The van der Waals surface area contributed by atoms with Crippen LogP contribution in [0.2, 0.25) is 0 Å². The van der Waals surface area contributed by atoms with Gasteiger partial charge in [0.25, 0.3) is 0 Å². The standard InChI is InChI=1S/C15H18N2O3/c1-10(2)8-16-15(20)17-7-6-12-11(9-17)4-3-5-13(12)14(18)19/h3-5H,1,6-9H2,2H3,(H,16,20)(H,18,19). The van der Waals surface area contributed by atoms with E-state index in [1.165, 1.54) is 0 Å². The first-order valence-corrected chi connectivity index (χ1v) is 6.50. The van der Waals surface area contributed by atoms with Crippen molar-refractivity contribution in [1.29, 1.82) is 0 Å². The highest BCUT2D eigenvalue weighted by Gasteiger charge is 2.23. The summed E-state index contributed by atoms with van der Waals surface area (Å²) in [5.41, 5.74) is 2.97. The highest BCUT2D eigenvalue weighted by atomic mass is 16.4. The summed E-state index contributed by atoms with van der Waals surface area (Å²) in [6.45, 7) is 7.02. The minimum absolute atomic E-state index is 0.139. The Labute approximate surface area is 117 Å². The molecule has 20 heavy (non-hydrogen) atoms. The van der Waals surface area contributed by atoms with Gasteiger partial charge in [-0.2, -0.15) is 0 Å². The van der Waals surface area contributed by atoms with Gasteiger partial charge >= 0.3 is 12.0 Å². The van der Waals surface area contributed by atoms with Crippen LogP contribution in [-0.2, 0) is 13.0 Å². The minimum atomic E-state index is -0.915. The Kier molecular flexibility index (Phi) is 4.08. The van der Waals surface area contributed by atoms with E-state index < -0.39 is 5.97 Å². The summed E-state index contributed by atoms with van der Waals surface area (Å²) < 4.78 is 0. The fourth-order valence-corrected chi connectivity index (χ4v) is 2.32. The number of hydrogen-bond donors (Lipinski definition) is 2. The van der Waals surface area contributed by atoms with Gasteiger partial charge in [-0.05, 0) is 30.5 Å². The average Bonchev–Trinajstić information content (AvgIpc) is 2.43. The van der Waals surface area contributed by atoms with Gasteiger partial charge in [-0.15, -0.1) is 0 Å². The lowest BCUT2D eigenvalue weighted by Gasteiger charge is -2.29. The van der Waals surface area contributed by atoms with Crippen molar-refractivity contribution < 1.29 is 14.7 Å². The number of fused-ring (bicyclic) bond motifs is 1. The fourth-order valence-electron chi connectivity index (χ4n) is 2.32. The molecule has 0 aromatic heterocycles. The number of carbonyl (C=O) groups excluding carboxylic acids is 1. The van der Waals surface area contributed by atoms with Crippen LogP contribution < -0.4 is 5.32 Å². The summed E-state index contributed by atoms with van der Waals surface area (Å²) in [5.74, 6) is -0.915. The summed E-state index contributed by atoms with van der Waals surface area (Å²) >= 11 is 0. The van der Waals surface area contributed by atoms with Crippen molar-refractivity contribution in [3.05, 3.63) is 47.0 Å². The van der Waals surface area contributed by atoms with E-state index in [-0.39, 0.29) is 6.03 Å². The van der Waals surface area contributed by atoms with Gasteiger partial charge < -0.3 is 15.3 Å². The summed E-state index contributed by atoms with van der Waals surface area (Å²) in [7, 11) is 0. The van der Waals surface area contributed by atoms with E-state index in [1.807, 2.05) is 13.0 Å². The van der Waals surface area contributed by atoms with Gasteiger partial charge in [0.1, 0.15) is 0 Å². The van der Waals surface area contributed by atoms with E-state index >= 15 is 0 Å². The Morgan fingerprint density at radius 1 is 1.45 bits per heavy atom. The fraction of sp³-hybridized carbons (Fsp3) is 0.333. The van der Waals surface area contributed by atoms with Gasteiger partial charge in [-0.3, -0.25) is 0 Å². The monoisotopic (exact) mass is 274 g/mol. The minimum Gasteiger partial charge on any atom is -0.478 e. The van der Waals surface area contributed by atoms with Gasteiger partial charge in [-0.1, -0.05) is 24.3 Å². The lowest BCUT2D eigenvalue weighted by atomic mass is 9.95. The van der Waals surface area contributed by atoms with Crippen LogP contribution in [0.5, 0.6) is 0 Å². The number of nitrogens with one attached hydrogen (secondary N) is 1. The van der Waals surface area contributed by atoms with E-state index in [2.05, 4.69) is 11.9 Å². The number of aromatic carboxylic acids is 1. The zero-order valence-electron chi connectivity index (χ0n) is 11.5. The maximum Gasteiger partial charge on any atom is 0.335 e. The number of amides is 2. The molecule has 0 aliphatic carbocycles. The van der Waals surface area contributed by atoms with Gasteiger partial charge in [0.15, 0.2) is 0 Å². The first-order chi connectivity index (χ1) is 9.49. The molecule has 1 heterocycles. The molecule has 1 aromatic carbocycles. The first-order valence-electron chi connectivity index (χ1n) is 6.50. The lowest BCUT2D eigenvalue weighted by Crippen LogP contribution is -2.43. The number of benzene rings is 1. The van der Waals surface area contributed by atoms with Gasteiger partial charge in [0.2, 0.25) is 0 Å². The smallest absolute Gasteiger partial charge is 0.335 e. The van der Waals surface area contributed by atoms with Crippen LogP contribution in [-0.4, -0.2) is 35.1 Å². The molecule has 0 radical (unpaired) electrons. The molecule has 0 spiro atoms. The third-order valence-electron chi connectivity index (χ3n) is 3.32. The molecular weight excluding hydrogens is 256 g/mol. The maximum atomic E-state index is 12.0. The molecule has 5 nitrogen and oxygen atoms in total. The summed E-state index contributed by atoms with van der Waals surface area (Å²) in [6.07, 6.45) is 0.568. The topological polar surface area (TPSA) is 69.6 Å². The highest BCUT2D eigenvalue weighted by molar-refractivity contribution is 5.90. The Balaban J connectivity index is 2.12. The molecular formula is C15H18N2O3. The van der Waals surface area contributed by atoms with E-state index in [1.54, 1.807) is 17.0 Å². The Morgan fingerprint density at radius 2 is 2.20 bits per heavy atom. The quantitative estimate of drug-likeness (QED) is 0.829. The van der Waals surface area contributed by atoms with E-state index in [4.69, 9.17) is 5.11 Å². The predicted molar refractivity (Wildman–Crippen MR) is 75.7 cm³/mol. The molecule has 0 saturated carbocycles. The van der Waals surface area contributed by atoms with E-state index in [0.717, 1.165) is 16.7 Å². The van der Waals surface area contributed by atoms with Crippen molar-refractivity contribution in [2.75, 3.05) is 13.1 Å². The Morgan fingerprint density at radius 3 is 2.85 bits per heavy atom. The van der Waals surface area contributed by atoms with Crippen LogP contribution in [0.25, 0.3) is 0 Å². The van der Waals surface area contributed by atoms with Crippen molar-refractivity contribution in [3.8, 4) is 0 Å². The van der Waals surface area contributed by atoms with Crippen LogP contribution >= 0.6 is 0 Å². The maximum absolute atomic E-state index is 12.0. The molecule has 106 valence electrons. The van der Waals surface area contributed by atoms with Gasteiger partial charge in [0.05, 0.1) is 5.56 Å². The number of hydrogen-bond acceptors (Lipinski definition) is 2. The third-order valence-corrected chi connectivity index (χ3v) is 3.32. The number of nitrogens with zero attached hydrogens (tertiary/aromatic N) is 1. The van der Waals surface area contributed by atoms with Gasteiger partial charge in [-0.25, -0.2) is 9.59 Å². The largest absolute Gasteiger partial charge is 0.478 e. The van der Waals surface area contributed by atoms with Crippen LogP contribution in [0, 0.1) is 0 Å². The van der Waals surface area contributed by atoms with Crippen molar-refractivity contribution in [1.82, 2.24) is 10.2 Å². The Bertz CT molecular complexity index is 566.